The molecule has 22 heavy (non-hydrogen) atoms. The Morgan fingerprint density at radius 3 is 1.59 bits per heavy atom. The third-order valence-corrected chi connectivity index (χ3v) is 2.76. The standard InChI is InChI=1S/C13H10O.C4H4N2O2/c14-13(11-7-3-1-4-8-11)12-9-5-2-6-10-12;7-3-1-2-5-4(8)6-3/h1-10H;1-2H,(H2,5,6,7,8). The fraction of sp³-hybridized carbons (Fsp3) is 0. The first kappa shape index (κ1) is 15.2. The lowest BCUT2D eigenvalue weighted by atomic mass is 10.0. The van der Waals surface area contributed by atoms with Crippen molar-refractivity contribution in [3.63, 3.8) is 0 Å². The van der Waals surface area contributed by atoms with Crippen molar-refractivity contribution >= 4 is 5.78 Å². The average molecular weight is 294 g/mol. The number of hydrogen-bond donors (Lipinski definition) is 2. The normalized spacial score (nSPS) is 9.45. The van der Waals surface area contributed by atoms with Gasteiger partial charge >= 0.3 is 5.69 Å². The van der Waals surface area contributed by atoms with Crippen molar-refractivity contribution in [1.29, 1.82) is 0 Å². The lowest BCUT2D eigenvalue weighted by Gasteiger charge is -1.99. The van der Waals surface area contributed by atoms with Gasteiger partial charge in [-0.15, -0.1) is 0 Å². The Morgan fingerprint density at radius 2 is 1.23 bits per heavy atom. The van der Waals surface area contributed by atoms with Crippen molar-refractivity contribution in [2.24, 2.45) is 0 Å². The Hall–Kier alpha value is -3.21. The van der Waals surface area contributed by atoms with Crippen LogP contribution in [0, 0.1) is 0 Å². The zero-order valence-corrected chi connectivity index (χ0v) is 11.7. The van der Waals surface area contributed by atoms with E-state index in [1.807, 2.05) is 65.6 Å². The summed E-state index contributed by atoms with van der Waals surface area (Å²) in [7, 11) is 0. The summed E-state index contributed by atoms with van der Waals surface area (Å²) >= 11 is 0. The van der Waals surface area contributed by atoms with Crippen molar-refractivity contribution in [2.45, 2.75) is 0 Å². The lowest BCUT2D eigenvalue weighted by Crippen LogP contribution is -2.19. The van der Waals surface area contributed by atoms with E-state index >= 15 is 0 Å². The van der Waals surface area contributed by atoms with Crippen molar-refractivity contribution < 1.29 is 4.79 Å². The number of hydrogen-bond acceptors (Lipinski definition) is 3. The highest BCUT2D eigenvalue weighted by Gasteiger charge is 2.06. The molecule has 5 nitrogen and oxygen atoms in total. The van der Waals surface area contributed by atoms with E-state index in [0.717, 1.165) is 11.1 Å². The Bertz CT molecular complexity index is 770. The van der Waals surface area contributed by atoms with Crippen LogP contribution in [0.5, 0.6) is 0 Å². The molecule has 1 aromatic heterocycles. The minimum absolute atomic E-state index is 0.0752. The van der Waals surface area contributed by atoms with E-state index in [0.29, 0.717) is 0 Å². The fourth-order valence-corrected chi connectivity index (χ4v) is 1.73. The molecule has 0 amide bonds. The second kappa shape index (κ2) is 7.54. The second-order valence-electron chi connectivity index (χ2n) is 4.36. The van der Waals surface area contributed by atoms with Crippen LogP contribution >= 0.6 is 0 Å². The van der Waals surface area contributed by atoms with Crippen molar-refractivity contribution in [3.8, 4) is 0 Å². The molecular weight excluding hydrogens is 280 g/mol. The van der Waals surface area contributed by atoms with Gasteiger partial charge in [-0.1, -0.05) is 60.7 Å². The van der Waals surface area contributed by atoms with Crippen LogP contribution in [0.3, 0.4) is 0 Å². The molecule has 0 unspecified atom stereocenters. The van der Waals surface area contributed by atoms with Gasteiger partial charge in [0.25, 0.3) is 5.56 Å². The molecule has 0 saturated carbocycles. The molecule has 1 heterocycles. The van der Waals surface area contributed by atoms with Crippen LogP contribution in [-0.2, 0) is 0 Å². The van der Waals surface area contributed by atoms with Crippen LogP contribution in [-0.4, -0.2) is 15.8 Å². The molecule has 0 radical (unpaired) electrons. The van der Waals surface area contributed by atoms with Gasteiger partial charge in [0, 0.05) is 23.4 Å². The third kappa shape index (κ3) is 4.42. The number of H-pyrrole nitrogens is 2. The first-order valence-electron chi connectivity index (χ1n) is 6.59. The van der Waals surface area contributed by atoms with Gasteiger partial charge < -0.3 is 4.98 Å². The monoisotopic (exact) mass is 294 g/mol. The van der Waals surface area contributed by atoms with Crippen LogP contribution < -0.4 is 11.2 Å². The minimum Gasteiger partial charge on any atom is -0.314 e. The highest BCUT2D eigenvalue weighted by molar-refractivity contribution is 6.08. The molecule has 0 spiro atoms. The predicted molar refractivity (Wildman–Crippen MR) is 84.0 cm³/mol. The molecule has 2 N–H and O–H groups in total. The number of benzene rings is 2. The average Bonchev–Trinajstić information content (AvgIpc) is 2.56. The minimum atomic E-state index is -0.475. The molecule has 0 aliphatic heterocycles. The molecule has 0 aliphatic carbocycles. The van der Waals surface area contributed by atoms with E-state index in [2.05, 4.69) is 4.98 Å². The number of aromatic amines is 2. The predicted octanol–water partition coefficient (Wildman–Crippen LogP) is 1.98. The maximum absolute atomic E-state index is 11.8. The molecule has 2 aromatic carbocycles. The van der Waals surface area contributed by atoms with Crippen LogP contribution in [0.15, 0.2) is 82.5 Å². The third-order valence-electron chi connectivity index (χ3n) is 2.76. The smallest absolute Gasteiger partial charge is 0.314 e. The summed E-state index contributed by atoms with van der Waals surface area (Å²) < 4.78 is 0. The Balaban J connectivity index is 0.000000188. The summed E-state index contributed by atoms with van der Waals surface area (Å²) in [6, 6.07) is 19.8. The molecule has 110 valence electrons. The number of nitrogens with one attached hydrogen (secondary N) is 2. The summed E-state index contributed by atoms with van der Waals surface area (Å²) in [5, 5.41) is 0. The highest BCUT2D eigenvalue weighted by Crippen LogP contribution is 2.08. The molecule has 3 rings (SSSR count). The maximum Gasteiger partial charge on any atom is 0.325 e. The Morgan fingerprint density at radius 1 is 0.727 bits per heavy atom. The molecule has 0 atom stereocenters. The first-order chi connectivity index (χ1) is 10.7. The fourth-order valence-electron chi connectivity index (χ4n) is 1.73. The molecule has 0 aliphatic rings. The summed E-state index contributed by atoms with van der Waals surface area (Å²) in [5.41, 5.74) is 0.614. The zero-order valence-electron chi connectivity index (χ0n) is 11.7. The van der Waals surface area contributed by atoms with E-state index in [1.165, 1.54) is 12.3 Å². The molecule has 0 fully saturated rings. The topological polar surface area (TPSA) is 82.8 Å². The molecule has 0 saturated heterocycles. The number of carbonyl (C=O) groups excluding carboxylic acids is 1. The molecular formula is C17H14N2O3. The zero-order chi connectivity index (χ0) is 15.8. The number of ketones is 1. The van der Waals surface area contributed by atoms with Gasteiger partial charge in [0.15, 0.2) is 5.78 Å². The number of rotatable bonds is 2. The van der Waals surface area contributed by atoms with E-state index in [-0.39, 0.29) is 11.3 Å². The van der Waals surface area contributed by atoms with Crippen LogP contribution in [0.1, 0.15) is 15.9 Å². The van der Waals surface area contributed by atoms with E-state index in [1.54, 1.807) is 0 Å². The van der Waals surface area contributed by atoms with Gasteiger partial charge in [0.2, 0.25) is 0 Å². The van der Waals surface area contributed by atoms with Crippen molar-refractivity contribution in [3.05, 3.63) is 105 Å². The summed E-state index contributed by atoms with van der Waals surface area (Å²) in [4.78, 5) is 36.5. The summed E-state index contributed by atoms with van der Waals surface area (Å²) in [6.07, 6.45) is 1.29. The Labute approximate surface area is 126 Å². The Kier molecular flexibility index (Phi) is 5.20. The van der Waals surface area contributed by atoms with E-state index in [9.17, 15) is 14.4 Å². The van der Waals surface area contributed by atoms with Gasteiger partial charge in [0.1, 0.15) is 0 Å². The van der Waals surface area contributed by atoms with Gasteiger partial charge in [-0.25, -0.2) is 4.79 Å². The van der Waals surface area contributed by atoms with Crippen molar-refractivity contribution in [2.75, 3.05) is 0 Å². The van der Waals surface area contributed by atoms with Crippen molar-refractivity contribution in [1.82, 2.24) is 9.97 Å². The quantitative estimate of drug-likeness (QED) is 0.709. The largest absolute Gasteiger partial charge is 0.325 e. The van der Waals surface area contributed by atoms with Gasteiger partial charge in [0.05, 0.1) is 0 Å². The SMILES string of the molecule is O=C(c1ccccc1)c1ccccc1.O=c1cc[nH]c(=O)[nH]1. The molecule has 3 aromatic rings. The first-order valence-corrected chi connectivity index (χ1v) is 6.59. The van der Waals surface area contributed by atoms with Gasteiger partial charge in [-0.3, -0.25) is 14.6 Å². The molecule has 5 heteroatoms. The highest BCUT2D eigenvalue weighted by atomic mass is 16.2. The van der Waals surface area contributed by atoms with Gasteiger partial charge in [-0.2, -0.15) is 0 Å². The van der Waals surface area contributed by atoms with E-state index in [4.69, 9.17) is 0 Å². The summed E-state index contributed by atoms with van der Waals surface area (Å²) in [5.74, 6) is 0.0752. The second-order valence-corrected chi connectivity index (χ2v) is 4.36. The van der Waals surface area contributed by atoms with E-state index < -0.39 is 5.69 Å². The number of carbonyl (C=O) groups is 1. The number of aromatic nitrogens is 2. The van der Waals surface area contributed by atoms with Gasteiger partial charge in [-0.05, 0) is 0 Å². The van der Waals surface area contributed by atoms with Crippen LogP contribution in [0.25, 0.3) is 0 Å². The van der Waals surface area contributed by atoms with Crippen LogP contribution in [0.2, 0.25) is 0 Å². The van der Waals surface area contributed by atoms with Crippen LogP contribution in [0.4, 0.5) is 0 Å². The summed E-state index contributed by atoms with van der Waals surface area (Å²) in [6.45, 7) is 0. The molecule has 0 bridgehead atoms. The maximum atomic E-state index is 11.8. The lowest BCUT2D eigenvalue weighted by molar-refractivity contribution is 0.103.